The van der Waals surface area contributed by atoms with E-state index in [4.69, 9.17) is 29.9 Å². The van der Waals surface area contributed by atoms with Crippen LogP contribution in [0.1, 0.15) is 43.2 Å². The van der Waals surface area contributed by atoms with Gasteiger partial charge in [0.15, 0.2) is 34.9 Å². The van der Waals surface area contributed by atoms with Crippen LogP contribution in [-0.4, -0.2) is 29.9 Å². The second-order valence-electron chi connectivity index (χ2n) is 19.4. The first-order valence-corrected chi connectivity index (χ1v) is 25.6. The first-order chi connectivity index (χ1) is 36.6. The standard InChI is InChI=1S/C68H50N6/c1-4-18-50(19-5-1)62-69-64(52-32-28-48(29-33-52)60-26-14-22-46-16-8-10-24-58(46)60)73-66(71-62)54-36-40-56(41-37-54)68(44-12-3-13-45-68)57-42-38-55(39-43-57)67-72-63(51-20-6-2-7-21-51)70-65(74-67)53-34-30-49(31-35-53)61-27-15-23-47-17-9-11-25-59(47)61/h1-2,4-11,14-43H,3,12-13,44-45H2. The van der Waals surface area contributed by atoms with Crippen molar-refractivity contribution in [2.24, 2.45) is 0 Å². The highest BCUT2D eigenvalue weighted by atomic mass is 15.0. The molecule has 1 aliphatic rings. The van der Waals surface area contributed by atoms with E-state index in [-0.39, 0.29) is 5.41 Å². The van der Waals surface area contributed by atoms with Gasteiger partial charge in [-0.1, -0.05) is 262 Å². The van der Waals surface area contributed by atoms with E-state index in [0.29, 0.717) is 34.9 Å². The van der Waals surface area contributed by atoms with Crippen molar-refractivity contribution >= 4 is 21.5 Å². The number of benzene rings is 10. The SMILES string of the molecule is c1ccc(-c2nc(-c3ccc(-c4cccc5ccccc45)cc3)nc(-c3ccc(C4(c5ccc(-c6nc(-c7ccccc7)nc(-c7ccc(-c8cccc9ccccc89)cc7)n6)cc5)CCCCC4)cc3)n2)cc1. The molecule has 0 unspecified atom stereocenters. The van der Waals surface area contributed by atoms with Gasteiger partial charge in [-0.15, -0.1) is 0 Å². The zero-order valence-corrected chi connectivity index (χ0v) is 40.8. The molecule has 6 nitrogen and oxygen atoms in total. The van der Waals surface area contributed by atoms with Gasteiger partial charge in [-0.25, -0.2) is 29.9 Å². The van der Waals surface area contributed by atoms with Crippen molar-refractivity contribution in [2.75, 3.05) is 0 Å². The normalized spacial score (nSPS) is 13.2. The molecule has 0 N–H and O–H groups in total. The third kappa shape index (κ3) is 8.60. The summed E-state index contributed by atoms with van der Waals surface area (Å²) in [6.07, 6.45) is 5.69. The van der Waals surface area contributed by atoms with E-state index < -0.39 is 0 Å². The molecule has 0 amide bonds. The smallest absolute Gasteiger partial charge is 0.164 e. The Kier molecular flexibility index (Phi) is 11.7. The molecular formula is C68H50N6. The molecule has 2 heterocycles. The number of nitrogens with zero attached hydrogens (tertiary/aromatic N) is 6. The quantitative estimate of drug-likeness (QED) is 0.136. The highest BCUT2D eigenvalue weighted by molar-refractivity contribution is 5.98. The maximum absolute atomic E-state index is 5.15. The average Bonchev–Trinajstić information content (AvgIpc) is 3.49. The Morgan fingerprint density at radius 2 is 0.514 bits per heavy atom. The molecule has 10 aromatic carbocycles. The van der Waals surface area contributed by atoms with E-state index >= 15 is 0 Å². The van der Waals surface area contributed by atoms with Gasteiger partial charge >= 0.3 is 0 Å². The summed E-state index contributed by atoms with van der Waals surface area (Å²) in [5.74, 6) is 3.87. The summed E-state index contributed by atoms with van der Waals surface area (Å²) < 4.78 is 0. The van der Waals surface area contributed by atoms with E-state index in [1.807, 2.05) is 36.4 Å². The highest BCUT2D eigenvalue weighted by Crippen LogP contribution is 2.46. The molecule has 0 saturated heterocycles. The zero-order valence-electron chi connectivity index (χ0n) is 40.8. The molecule has 1 aliphatic carbocycles. The van der Waals surface area contributed by atoms with E-state index in [1.165, 1.54) is 50.2 Å². The van der Waals surface area contributed by atoms with Crippen LogP contribution in [0, 0.1) is 0 Å². The lowest BCUT2D eigenvalue weighted by atomic mass is 9.65. The van der Waals surface area contributed by atoms with Crippen LogP contribution < -0.4 is 0 Å². The Hall–Kier alpha value is -9.26. The average molecular weight is 951 g/mol. The van der Waals surface area contributed by atoms with Gasteiger partial charge in [0, 0.05) is 38.8 Å². The molecule has 0 spiro atoms. The molecule has 0 atom stereocenters. The summed E-state index contributed by atoms with van der Waals surface area (Å²) in [5.41, 5.74) is 12.8. The van der Waals surface area contributed by atoms with Gasteiger partial charge < -0.3 is 0 Å². The maximum atomic E-state index is 5.15. The second-order valence-corrected chi connectivity index (χ2v) is 19.4. The van der Waals surface area contributed by atoms with Crippen LogP contribution in [0.2, 0.25) is 0 Å². The van der Waals surface area contributed by atoms with E-state index in [0.717, 1.165) is 70.2 Å². The molecule has 0 bridgehead atoms. The van der Waals surface area contributed by atoms with Crippen molar-refractivity contribution < 1.29 is 0 Å². The van der Waals surface area contributed by atoms with Gasteiger partial charge in [0.2, 0.25) is 0 Å². The van der Waals surface area contributed by atoms with Crippen molar-refractivity contribution in [3.63, 3.8) is 0 Å². The van der Waals surface area contributed by atoms with Crippen molar-refractivity contribution in [1.29, 1.82) is 0 Å². The van der Waals surface area contributed by atoms with Gasteiger partial charge in [0.1, 0.15) is 0 Å². The molecule has 1 saturated carbocycles. The predicted octanol–water partition coefficient (Wildman–Crippen LogP) is 16.9. The zero-order chi connectivity index (χ0) is 49.3. The molecule has 74 heavy (non-hydrogen) atoms. The van der Waals surface area contributed by atoms with Crippen LogP contribution in [0.25, 0.3) is 112 Å². The van der Waals surface area contributed by atoms with Crippen molar-refractivity contribution in [3.05, 3.63) is 254 Å². The van der Waals surface area contributed by atoms with Gasteiger partial charge in [-0.2, -0.15) is 0 Å². The molecule has 13 rings (SSSR count). The largest absolute Gasteiger partial charge is 0.208 e. The monoisotopic (exact) mass is 950 g/mol. The second kappa shape index (κ2) is 19.4. The number of rotatable bonds is 10. The van der Waals surface area contributed by atoms with Crippen LogP contribution in [0.5, 0.6) is 0 Å². The minimum absolute atomic E-state index is 0.147. The van der Waals surface area contributed by atoms with Crippen LogP contribution >= 0.6 is 0 Å². The van der Waals surface area contributed by atoms with Crippen molar-refractivity contribution in [2.45, 2.75) is 37.5 Å². The summed E-state index contributed by atoms with van der Waals surface area (Å²) in [5, 5.41) is 4.91. The van der Waals surface area contributed by atoms with Crippen molar-refractivity contribution in [1.82, 2.24) is 29.9 Å². The fourth-order valence-corrected chi connectivity index (χ4v) is 11.0. The lowest BCUT2D eigenvalue weighted by Gasteiger charge is -2.39. The Labute approximate surface area is 431 Å². The lowest BCUT2D eigenvalue weighted by molar-refractivity contribution is 0.346. The summed E-state index contributed by atoms with van der Waals surface area (Å²) in [6.45, 7) is 0. The Morgan fingerprint density at radius 1 is 0.230 bits per heavy atom. The van der Waals surface area contributed by atoms with Crippen LogP contribution in [0.3, 0.4) is 0 Å². The molecule has 0 radical (unpaired) electrons. The molecule has 0 aliphatic heterocycles. The van der Waals surface area contributed by atoms with Crippen LogP contribution in [-0.2, 0) is 5.41 Å². The summed E-state index contributed by atoms with van der Waals surface area (Å²) >= 11 is 0. The van der Waals surface area contributed by atoms with E-state index in [1.54, 1.807) is 0 Å². The summed E-state index contributed by atoms with van der Waals surface area (Å²) in [4.78, 5) is 30.6. The third-order valence-corrected chi connectivity index (χ3v) is 14.9. The van der Waals surface area contributed by atoms with Gasteiger partial charge in [0.25, 0.3) is 0 Å². The fraction of sp³-hybridized carbons (Fsp3) is 0.0882. The van der Waals surface area contributed by atoms with Crippen molar-refractivity contribution in [3.8, 4) is 90.6 Å². The first-order valence-electron chi connectivity index (χ1n) is 25.6. The maximum Gasteiger partial charge on any atom is 0.164 e. The number of hydrogen-bond donors (Lipinski definition) is 0. The minimum atomic E-state index is -0.147. The Bertz CT molecular complexity index is 3680. The highest BCUT2D eigenvalue weighted by Gasteiger charge is 2.36. The van der Waals surface area contributed by atoms with Crippen LogP contribution in [0.4, 0.5) is 0 Å². The number of hydrogen-bond acceptors (Lipinski definition) is 6. The lowest BCUT2D eigenvalue weighted by Crippen LogP contribution is -2.30. The third-order valence-electron chi connectivity index (χ3n) is 14.9. The molecule has 352 valence electrons. The minimum Gasteiger partial charge on any atom is -0.208 e. The molecule has 6 heteroatoms. The van der Waals surface area contributed by atoms with Crippen LogP contribution in [0.15, 0.2) is 243 Å². The Morgan fingerprint density at radius 3 is 0.878 bits per heavy atom. The van der Waals surface area contributed by atoms with E-state index in [2.05, 4.69) is 206 Å². The topological polar surface area (TPSA) is 77.3 Å². The fourth-order valence-electron chi connectivity index (χ4n) is 11.0. The molecule has 2 aromatic heterocycles. The summed E-state index contributed by atoms with van der Waals surface area (Å²) in [7, 11) is 0. The first kappa shape index (κ1) is 44.7. The molecule has 12 aromatic rings. The predicted molar refractivity (Wildman–Crippen MR) is 302 cm³/mol. The van der Waals surface area contributed by atoms with E-state index in [9.17, 15) is 0 Å². The molecule has 1 fully saturated rings. The van der Waals surface area contributed by atoms with Gasteiger partial charge in [-0.3, -0.25) is 0 Å². The number of fused-ring (bicyclic) bond motifs is 2. The Balaban J connectivity index is 0.820. The number of aromatic nitrogens is 6. The summed E-state index contributed by atoms with van der Waals surface area (Å²) in [6, 6.07) is 85.5. The van der Waals surface area contributed by atoms with Gasteiger partial charge in [0.05, 0.1) is 0 Å². The molecular weight excluding hydrogens is 901 g/mol. The van der Waals surface area contributed by atoms with Gasteiger partial charge in [-0.05, 0) is 67.8 Å².